The van der Waals surface area contributed by atoms with Crippen molar-refractivity contribution in [2.75, 3.05) is 0 Å². The van der Waals surface area contributed by atoms with Crippen molar-refractivity contribution < 1.29 is 0 Å². The molecule has 43 heavy (non-hydrogen) atoms. The quantitative estimate of drug-likeness (QED) is 0.153. The van der Waals surface area contributed by atoms with Crippen molar-refractivity contribution >= 4 is 59.8 Å². The first-order valence-corrected chi connectivity index (χ1v) is 16.5. The Bertz CT molecular complexity index is 2170. The van der Waals surface area contributed by atoms with Crippen molar-refractivity contribution in [1.29, 1.82) is 0 Å². The van der Waals surface area contributed by atoms with Gasteiger partial charge in [0.25, 0.3) is 0 Å². The molecule has 4 aromatic carbocycles. The fraction of sp³-hybridized carbons (Fsp3) is 0.390. The Morgan fingerprint density at radius 2 is 1.49 bits per heavy atom. The van der Waals surface area contributed by atoms with E-state index in [4.69, 9.17) is 4.98 Å². The van der Waals surface area contributed by atoms with Crippen LogP contribution in [0.3, 0.4) is 0 Å². The zero-order chi connectivity index (χ0) is 29.7. The summed E-state index contributed by atoms with van der Waals surface area (Å²) in [6.45, 7) is 14.1. The van der Waals surface area contributed by atoms with Crippen LogP contribution in [0.5, 0.6) is 0 Å². The Morgan fingerprint density at radius 3 is 2.26 bits per heavy atom. The molecule has 1 saturated carbocycles. The number of rotatable bonds is 4. The summed E-state index contributed by atoms with van der Waals surface area (Å²) >= 11 is 0. The second-order valence-electron chi connectivity index (χ2n) is 16.0. The van der Waals surface area contributed by atoms with Crippen LogP contribution in [0, 0.1) is 16.7 Å². The molecule has 0 saturated heterocycles. The summed E-state index contributed by atoms with van der Waals surface area (Å²) in [4.78, 5) is 5.22. The minimum Gasteiger partial charge on any atom is -0.308 e. The van der Waals surface area contributed by atoms with E-state index in [1.807, 2.05) is 0 Å². The number of hydrogen-bond acceptors (Lipinski definition) is 1. The molecule has 0 radical (unpaired) electrons. The molecule has 7 aromatic rings. The van der Waals surface area contributed by atoms with Crippen molar-refractivity contribution in [3.8, 4) is 0 Å². The highest BCUT2D eigenvalue weighted by Gasteiger charge is 2.26. The molecule has 2 nitrogen and oxygen atoms in total. The molecule has 8 rings (SSSR count). The fourth-order valence-electron chi connectivity index (χ4n) is 8.40. The van der Waals surface area contributed by atoms with Crippen molar-refractivity contribution in [3.05, 3.63) is 83.6 Å². The summed E-state index contributed by atoms with van der Waals surface area (Å²) in [7, 11) is 0. The monoisotopic (exact) mass is 564 g/mol. The number of benzene rings is 4. The Labute approximate surface area is 255 Å². The molecule has 2 heteroatoms. The Balaban J connectivity index is 1.57. The number of hydrogen-bond donors (Lipinski definition) is 0. The Morgan fingerprint density at radius 1 is 0.721 bits per heavy atom. The summed E-state index contributed by atoms with van der Waals surface area (Å²) < 4.78 is 2.62. The Kier molecular flexibility index (Phi) is 5.90. The van der Waals surface area contributed by atoms with Gasteiger partial charge in [0, 0.05) is 27.7 Å². The maximum atomic E-state index is 5.22. The summed E-state index contributed by atoms with van der Waals surface area (Å²) in [6.07, 6.45) is 10.8. The number of nitrogens with zero attached hydrogens (tertiary/aromatic N) is 2. The van der Waals surface area contributed by atoms with Crippen molar-refractivity contribution in [2.24, 2.45) is 16.7 Å². The van der Waals surface area contributed by atoms with Gasteiger partial charge in [0.05, 0.1) is 22.1 Å². The number of fused-ring (bicyclic) bond motifs is 7. The molecule has 0 bridgehead atoms. The third kappa shape index (κ3) is 4.40. The van der Waals surface area contributed by atoms with Gasteiger partial charge in [-0.1, -0.05) is 104 Å². The van der Waals surface area contributed by atoms with Crippen molar-refractivity contribution in [2.45, 2.75) is 86.5 Å². The molecule has 218 valence electrons. The largest absolute Gasteiger partial charge is 0.308 e. The molecule has 3 aromatic heterocycles. The molecular formula is C41H44N2. The first kappa shape index (κ1) is 26.9. The highest BCUT2D eigenvalue weighted by atomic mass is 14.9. The van der Waals surface area contributed by atoms with Gasteiger partial charge in [0.2, 0.25) is 0 Å². The fourth-order valence-corrected chi connectivity index (χ4v) is 8.40. The average molecular weight is 565 g/mol. The SMILES string of the molecule is CC(C)(C)Cc1ccc2c(CC(C)(C)C)c3c(cc2c1)c1nccc2c(CC4CCCC4)cc4c5ccccc5n3c4c21. The van der Waals surface area contributed by atoms with Crippen LogP contribution in [0.25, 0.3) is 59.8 Å². The normalized spacial score (nSPS) is 15.5. The van der Waals surface area contributed by atoms with Gasteiger partial charge in [-0.2, -0.15) is 0 Å². The molecule has 0 aliphatic heterocycles. The smallest absolute Gasteiger partial charge is 0.0823 e. The van der Waals surface area contributed by atoms with Crippen LogP contribution in [0.15, 0.2) is 66.9 Å². The van der Waals surface area contributed by atoms with E-state index in [9.17, 15) is 0 Å². The van der Waals surface area contributed by atoms with Gasteiger partial charge >= 0.3 is 0 Å². The summed E-state index contributed by atoms with van der Waals surface area (Å²) in [6, 6.07) is 23.7. The van der Waals surface area contributed by atoms with E-state index in [1.54, 1.807) is 0 Å². The van der Waals surface area contributed by atoms with E-state index in [1.165, 1.54) is 109 Å². The minimum absolute atomic E-state index is 0.138. The van der Waals surface area contributed by atoms with Crippen LogP contribution in [0.2, 0.25) is 0 Å². The minimum atomic E-state index is 0.138. The molecule has 3 heterocycles. The van der Waals surface area contributed by atoms with Crippen molar-refractivity contribution in [1.82, 2.24) is 9.38 Å². The maximum Gasteiger partial charge on any atom is 0.0823 e. The third-order valence-corrected chi connectivity index (χ3v) is 9.95. The zero-order valence-corrected chi connectivity index (χ0v) is 26.8. The first-order chi connectivity index (χ1) is 20.6. The first-order valence-electron chi connectivity index (χ1n) is 16.5. The molecular weight excluding hydrogens is 520 g/mol. The second-order valence-corrected chi connectivity index (χ2v) is 16.0. The van der Waals surface area contributed by atoms with Crippen LogP contribution in [-0.4, -0.2) is 9.38 Å². The number of aromatic nitrogens is 2. The lowest BCUT2D eigenvalue weighted by atomic mass is 9.83. The van der Waals surface area contributed by atoms with E-state index in [0.717, 1.165) is 18.8 Å². The number of pyridine rings is 2. The van der Waals surface area contributed by atoms with Crippen LogP contribution in [0.1, 0.15) is 83.9 Å². The predicted molar refractivity (Wildman–Crippen MR) is 186 cm³/mol. The summed E-state index contributed by atoms with van der Waals surface area (Å²) in [5, 5.41) is 9.51. The highest BCUT2D eigenvalue weighted by Crippen LogP contribution is 2.46. The highest BCUT2D eigenvalue weighted by molar-refractivity contribution is 6.29. The molecule has 1 fully saturated rings. The topological polar surface area (TPSA) is 17.3 Å². The summed E-state index contributed by atoms with van der Waals surface area (Å²) in [5.41, 5.74) is 9.92. The standard InChI is InChI=1S/C41H44N2/c1-40(2,3)23-26-15-16-29-27(20-26)22-33-37-36-30(17-18-42-37)28(19-25-11-7-8-12-25)21-32-31-13-9-10-14-35(31)43(39(32)36)38(33)34(29)24-41(4,5)6/h9-10,13-18,20-22,25H,7-8,11-12,19,23-24H2,1-6H3. The van der Waals surface area contributed by atoms with Gasteiger partial charge in [-0.15, -0.1) is 0 Å². The zero-order valence-electron chi connectivity index (χ0n) is 26.8. The molecule has 0 N–H and O–H groups in total. The van der Waals surface area contributed by atoms with E-state index < -0.39 is 0 Å². The van der Waals surface area contributed by atoms with Crippen LogP contribution in [0.4, 0.5) is 0 Å². The van der Waals surface area contributed by atoms with Gasteiger partial charge < -0.3 is 4.40 Å². The van der Waals surface area contributed by atoms with E-state index in [-0.39, 0.29) is 10.8 Å². The van der Waals surface area contributed by atoms with E-state index in [2.05, 4.69) is 113 Å². The lowest BCUT2D eigenvalue weighted by Crippen LogP contribution is -2.12. The van der Waals surface area contributed by atoms with Gasteiger partial charge in [0.15, 0.2) is 0 Å². The predicted octanol–water partition coefficient (Wildman–Crippen LogP) is 11.4. The van der Waals surface area contributed by atoms with Crippen LogP contribution in [-0.2, 0) is 19.3 Å². The van der Waals surface area contributed by atoms with E-state index in [0.29, 0.717) is 0 Å². The average Bonchev–Trinajstić information content (AvgIpc) is 3.57. The van der Waals surface area contributed by atoms with Crippen molar-refractivity contribution in [3.63, 3.8) is 0 Å². The van der Waals surface area contributed by atoms with E-state index >= 15 is 0 Å². The van der Waals surface area contributed by atoms with Gasteiger partial charge in [-0.3, -0.25) is 4.98 Å². The Hall–Kier alpha value is -3.65. The number of para-hydroxylation sites is 1. The molecule has 0 unspecified atom stereocenters. The molecule has 0 amide bonds. The third-order valence-electron chi connectivity index (χ3n) is 9.95. The lowest BCUT2D eigenvalue weighted by molar-refractivity contribution is 0.411. The van der Waals surface area contributed by atoms with Gasteiger partial charge in [-0.05, 0) is 93.1 Å². The maximum absolute atomic E-state index is 5.22. The molecule has 1 aliphatic carbocycles. The van der Waals surface area contributed by atoms with Gasteiger partial charge in [-0.25, -0.2) is 0 Å². The second kappa shape index (κ2) is 9.42. The molecule has 0 spiro atoms. The van der Waals surface area contributed by atoms with Crippen LogP contribution < -0.4 is 0 Å². The lowest BCUT2D eigenvalue weighted by Gasteiger charge is -2.24. The molecule has 0 atom stereocenters. The van der Waals surface area contributed by atoms with Gasteiger partial charge in [0.1, 0.15) is 0 Å². The van der Waals surface area contributed by atoms with Crippen LogP contribution >= 0.6 is 0 Å². The summed E-state index contributed by atoms with van der Waals surface area (Å²) in [5.74, 6) is 0.796. The molecule has 1 aliphatic rings.